The van der Waals surface area contributed by atoms with Gasteiger partial charge in [0.1, 0.15) is 6.29 Å². The Labute approximate surface area is 151 Å². The standard InChI is InChI=1S/C18H22N4O2S/c1-12-15(13-6-7-19-14(10-13)18(2,3)11-23)25-16(20-12)21-17(24)22-8-4-5-9-22/h6-7,10-11H,4-5,8-9H2,1-3H3,(H,20,21,24). The molecule has 2 aromatic heterocycles. The fourth-order valence-electron chi connectivity index (χ4n) is 2.79. The number of carbonyl (C=O) groups excluding carboxylic acids is 2. The summed E-state index contributed by atoms with van der Waals surface area (Å²) in [5.74, 6) is 0. The Morgan fingerprint density at radius 1 is 1.36 bits per heavy atom. The van der Waals surface area contributed by atoms with Gasteiger partial charge in [0.2, 0.25) is 0 Å². The summed E-state index contributed by atoms with van der Waals surface area (Å²) in [6.07, 6.45) is 4.72. The van der Waals surface area contributed by atoms with Gasteiger partial charge < -0.3 is 9.69 Å². The number of amides is 2. The minimum atomic E-state index is -0.637. The highest BCUT2D eigenvalue weighted by Gasteiger charge is 2.23. The Bertz CT molecular complexity index is 794. The highest BCUT2D eigenvalue weighted by molar-refractivity contribution is 7.19. The molecule has 1 aliphatic rings. The van der Waals surface area contributed by atoms with E-state index in [1.54, 1.807) is 6.20 Å². The summed E-state index contributed by atoms with van der Waals surface area (Å²) in [6, 6.07) is 3.73. The van der Waals surface area contributed by atoms with Gasteiger partial charge in [-0.1, -0.05) is 11.3 Å². The van der Waals surface area contributed by atoms with Crippen molar-refractivity contribution in [2.24, 2.45) is 0 Å². The molecule has 1 fully saturated rings. The molecule has 25 heavy (non-hydrogen) atoms. The van der Waals surface area contributed by atoms with Gasteiger partial charge in [-0.25, -0.2) is 9.78 Å². The number of thiazole rings is 1. The second-order valence-corrected chi connectivity index (χ2v) is 7.83. The first-order valence-corrected chi connectivity index (χ1v) is 9.19. The third-order valence-electron chi connectivity index (χ3n) is 4.38. The molecule has 3 rings (SSSR count). The number of aromatic nitrogens is 2. The third kappa shape index (κ3) is 3.71. The maximum atomic E-state index is 12.2. The maximum absolute atomic E-state index is 12.2. The quantitative estimate of drug-likeness (QED) is 0.847. The van der Waals surface area contributed by atoms with Crippen LogP contribution >= 0.6 is 11.3 Å². The second kappa shape index (κ2) is 6.92. The van der Waals surface area contributed by atoms with E-state index in [1.165, 1.54) is 11.3 Å². The number of anilines is 1. The van der Waals surface area contributed by atoms with Crippen LogP contribution in [0.15, 0.2) is 18.3 Å². The summed E-state index contributed by atoms with van der Waals surface area (Å²) in [7, 11) is 0. The monoisotopic (exact) mass is 358 g/mol. The summed E-state index contributed by atoms with van der Waals surface area (Å²) in [5.41, 5.74) is 1.89. The van der Waals surface area contributed by atoms with Crippen LogP contribution in [0.3, 0.4) is 0 Å². The van der Waals surface area contributed by atoms with E-state index in [2.05, 4.69) is 15.3 Å². The summed E-state index contributed by atoms with van der Waals surface area (Å²) in [5, 5.41) is 3.49. The van der Waals surface area contributed by atoms with Gasteiger partial charge in [0.05, 0.1) is 21.7 Å². The zero-order valence-corrected chi connectivity index (χ0v) is 15.5. The number of rotatable bonds is 4. The van der Waals surface area contributed by atoms with Crippen LogP contribution in [0.4, 0.5) is 9.93 Å². The van der Waals surface area contributed by atoms with Gasteiger partial charge in [-0.15, -0.1) is 0 Å². The number of hydrogen-bond donors (Lipinski definition) is 1. The fourth-order valence-corrected chi connectivity index (χ4v) is 3.75. The molecule has 1 aliphatic heterocycles. The van der Waals surface area contributed by atoms with E-state index in [1.807, 2.05) is 37.8 Å². The molecule has 0 unspecified atom stereocenters. The lowest BCUT2D eigenvalue weighted by Crippen LogP contribution is -2.32. The van der Waals surface area contributed by atoms with Crippen molar-refractivity contribution in [1.29, 1.82) is 0 Å². The number of nitrogens with zero attached hydrogens (tertiary/aromatic N) is 3. The molecule has 0 saturated carbocycles. The van der Waals surface area contributed by atoms with Crippen molar-refractivity contribution in [1.82, 2.24) is 14.9 Å². The molecular formula is C18H22N4O2S. The Hall–Kier alpha value is -2.28. The van der Waals surface area contributed by atoms with E-state index in [-0.39, 0.29) is 6.03 Å². The van der Waals surface area contributed by atoms with Crippen LogP contribution in [0.1, 0.15) is 38.1 Å². The normalized spacial score (nSPS) is 14.6. The molecule has 0 atom stereocenters. The first-order valence-electron chi connectivity index (χ1n) is 8.37. The van der Waals surface area contributed by atoms with Crippen LogP contribution in [0.5, 0.6) is 0 Å². The molecule has 7 heteroatoms. The Morgan fingerprint density at radius 3 is 2.76 bits per heavy atom. The smallest absolute Gasteiger partial charge is 0.323 e. The molecule has 0 bridgehead atoms. The minimum absolute atomic E-state index is 0.0877. The lowest BCUT2D eigenvalue weighted by atomic mass is 9.90. The van der Waals surface area contributed by atoms with Crippen LogP contribution in [0, 0.1) is 6.92 Å². The van der Waals surface area contributed by atoms with Crippen LogP contribution in [0.2, 0.25) is 0 Å². The van der Waals surface area contributed by atoms with Crippen molar-refractivity contribution >= 4 is 28.8 Å². The van der Waals surface area contributed by atoms with E-state index >= 15 is 0 Å². The Balaban J connectivity index is 1.84. The largest absolute Gasteiger partial charge is 0.324 e. The molecule has 0 aliphatic carbocycles. The lowest BCUT2D eigenvalue weighted by Gasteiger charge is -2.16. The van der Waals surface area contributed by atoms with Crippen molar-refractivity contribution < 1.29 is 9.59 Å². The van der Waals surface area contributed by atoms with Crippen LogP contribution in [0.25, 0.3) is 10.4 Å². The van der Waals surface area contributed by atoms with Gasteiger partial charge in [-0.3, -0.25) is 10.3 Å². The average molecular weight is 358 g/mol. The lowest BCUT2D eigenvalue weighted by molar-refractivity contribution is -0.111. The van der Waals surface area contributed by atoms with Crippen LogP contribution < -0.4 is 5.32 Å². The highest BCUT2D eigenvalue weighted by atomic mass is 32.1. The molecule has 0 spiro atoms. The maximum Gasteiger partial charge on any atom is 0.323 e. The molecule has 6 nitrogen and oxygen atoms in total. The molecule has 132 valence electrons. The summed E-state index contributed by atoms with van der Waals surface area (Å²) in [4.78, 5) is 35.1. The number of aryl methyl sites for hydroxylation is 1. The number of hydrogen-bond acceptors (Lipinski definition) is 5. The number of aldehydes is 1. The van der Waals surface area contributed by atoms with Crippen molar-refractivity contribution in [2.45, 2.75) is 39.0 Å². The number of carbonyl (C=O) groups is 2. The van der Waals surface area contributed by atoms with Gasteiger partial charge in [0.15, 0.2) is 5.13 Å². The summed E-state index contributed by atoms with van der Waals surface area (Å²) < 4.78 is 0. The minimum Gasteiger partial charge on any atom is -0.324 e. The summed E-state index contributed by atoms with van der Waals surface area (Å²) >= 11 is 1.44. The van der Waals surface area contributed by atoms with Crippen molar-refractivity contribution in [3.63, 3.8) is 0 Å². The zero-order valence-electron chi connectivity index (χ0n) is 14.7. The fraction of sp³-hybridized carbons (Fsp3) is 0.444. The first-order chi connectivity index (χ1) is 11.9. The first kappa shape index (κ1) is 17.5. The molecule has 0 aromatic carbocycles. The van der Waals surface area contributed by atoms with E-state index in [4.69, 9.17) is 0 Å². The molecule has 3 heterocycles. The van der Waals surface area contributed by atoms with E-state index in [0.717, 1.165) is 54.0 Å². The third-order valence-corrected chi connectivity index (χ3v) is 5.50. The van der Waals surface area contributed by atoms with Gasteiger partial charge in [-0.2, -0.15) is 0 Å². The van der Waals surface area contributed by atoms with Gasteiger partial charge in [-0.05, 0) is 51.3 Å². The summed E-state index contributed by atoms with van der Waals surface area (Å²) in [6.45, 7) is 7.21. The molecule has 2 amide bonds. The van der Waals surface area contributed by atoms with Gasteiger partial charge in [0.25, 0.3) is 0 Å². The topological polar surface area (TPSA) is 75.2 Å². The van der Waals surface area contributed by atoms with Crippen molar-refractivity contribution in [3.05, 3.63) is 29.7 Å². The van der Waals surface area contributed by atoms with Crippen LogP contribution in [-0.2, 0) is 10.2 Å². The molecule has 1 saturated heterocycles. The number of nitrogens with one attached hydrogen (secondary N) is 1. The van der Waals surface area contributed by atoms with Crippen LogP contribution in [-0.4, -0.2) is 40.3 Å². The van der Waals surface area contributed by atoms with Gasteiger partial charge in [0, 0.05) is 19.3 Å². The number of likely N-dealkylation sites (tertiary alicyclic amines) is 1. The van der Waals surface area contributed by atoms with E-state index in [0.29, 0.717) is 5.13 Å². The Kier molecular flexibility index (Phi) is 4.85. The zero-order chi connectivity index (χ0) is 18.0. The van der Waals surface area contributed by atoms with E-state index < -0.39 is 5.41 Å². The molecular weight excluding hydrogens is 336 g/mol. The van der Waals surface area contributed by atoms with Gasteiger partial charge >= 0.3 is 6.03 Å². The highest BCUT2D eigenvalue weighted by Crippen LogP contribution is 2.34. The SMILES string of the molecule is Cc1nc(NC(=O)N2CCCC2)sc1-c1ccnc(C(C)(C)C=O)c1. The number of pyridine rings is 1. The van der Waals surface area contributed by atoms with E-state index in [9.17, 15) is 9.59 Å². The van der Waals surface area contributed by atoms with Crippen molar-refractivity contribution in [2.75, 3.05) is 18.4 Å². The predicted molar refractivity (Wildman–Crippen MR) is 99.0 cm³/mol. The average Bonchev–Trinajstić information content (AvgIpc) is 3.25. The predicted octanol–water partition coefficient (Wildman–Crippen LogP) is 3.62. The Morgan fingerprint density at radius 2 is 2.08 bits per heavy atom. The number of urea groups is 1. The molecule has 0 radical (unpaired) electrons. The molecule has 2 aromatic rings. The second-order valence-electron chi connectivity index (χ2n) is 6.83. The molecule has 1 N–H and O–H groups in total. The van der Waals surface area contributed by atoms with Crippen molar-refractivity contribution in [3.8, 4) is 10.4 Å².